The molecular weight excluding hydrogens is 394 g/mol. The predicted octanol–water partition coefficient (Wildman–Crippen LogP) is 3.71. The molecule has 0 bridgehead atoms. The highest BCUT2D eigenvalue weighted by atomic mass is 32.2. The first-order valence-corrected chi connectivity index (χ1v) is 10.9. The number of ether oxygens (including phenoxy) is 3. The van der Waals surface area contributed by atoms with Gasteiger partial charge in [-0.15, -0.1) is 11.8 Å². The van der Waals surface area contributed by atoms with Crippen LogP contribution in [-0.2, 0) is 19.1 Å². The summed E-state index contributed by atoms with van der Waals surface area (Å²) in [5.74, 6) is 0.421. The fraction of sp³-hybridized carbons (Fsp3) is 0.571. The van der Waals surface area contributed by atoms with Crippen LogP contribution in [0.25, 0.3) is 0 Å². The van der Waals surface area contributed by atoms with E-state index in [-0.39, 0.29) is 17.7 Å². The first-order chi connectivity index (χ1) is 13.9. The van der Waals surface area contributed by atoms with Crippen LogP contribution in [-0.4, -0.2) is 53.2 Å². The number of phenolic OH excluding ortho intramolecular Hbond substituents is 1. The minimum Gasteiger partial charge on any atom is -0.507 e. The number of esters is 2. The second-order valence-corrected chi connectivity index (χ2v) is 7.93. The molecule has 0 amide bonds. The highest BCUT2D eigenvalue weighted by Crippen LogP contribution is 2.36. The van der Waals surface area contributed by atoms with E-state index in [0.717, 1.165) is 12.8 Å². The molecule has 160 valence electrons. The Bertz CT molecular complexity index is 751. The van der Waals surface area contributed by atoms with E-state index >= 15 is 0 Å². The van der Waals surface area contributed by atoms with Crippen LogP contribution in [0, 0.1) is 0 Å². The van der Waals surface area contributed by atoms with Crippen molar-refractivity contribution in [1.82, 2.24) is 0 Å². The summed E-state index contributed by atoms with van der Waals surface area (Å²) in [6.45, 7) is 6.78. The molecule has 0 fully saturated rings. The van der Waals surface area contributed by atoms with E-state index in [1.54, 1.807) is 19.1 Å². The SMILES string of the molecule is CCCOC(=O)CCCOc1ccc(C2=N[C@@](C)(C(=O)OCCC)CS2)c(O)c1. The van der Waals surface area contributed by atoms with Crippen LogP contribution in [0.5, 0.6) is 11.5 Å². The molecule has 8 heteroatoms. The van der Waals surface area contributed by atoms with Gasteiger partial charge in [-0.2, -0.15) is 0 Å². The number of hydrogen-bond donors (Lipinski definition) is 1. The topological polar surface area (TPSA) is 94.4 Å². The van der Waals surface area contributed by atoms with Crippen LogP contribution < -0.4 is 4.74 Å². The Morgan fingerprint density at radius 3 is 2.59 bits per heavy atom. The van der Waals surface area contributed by atoms with Gasteiger partial charge in [0.05, 0.1) is 19.8 Å². The molecule has 0 unspecified atom stereocenters. The van der Waals surface area contributed by atoms with Crippen LogP contribution in [0.1, 0.15) is 52.0 Å². The molecule has 1 N–H and O–H groups in total. The molecule has 0 aliphatic carbocycles. The van der Waals surface area contributed by atoms with Crippen LogP contribution in [0.4, 0.5) is 0 Å². The summed E-state index contributed by atoms with van der Waals surface area (Å²) in [5, 5.41) is 11.0. The number of rotatable bonds is 11. The predicted molar refractivity (Wildman–Crippen MR) is 113 cm³/mol. The zero-order chi connectivity index (χ0) is 21.3. The van der Waals surface area contributed by atoms with Gasteiger partial charge in [0.15, 0.2) is 5.54 Å². The molecule has 29 heavy (non-hydrogen) atoms. The molecule has 0 radical (unpaired) electrons. The van der Waals surface area contributed by atoms with E-state index in [0.29, 0.717) is 54.8 Å². The number of carbonyl (C=O) groups excluding carboxylic acids is 2. The van der Waals surface area contributed by atoms with Gasteiger partial charge in [0.2, 0.25) is 0 Å². The standard InChI is InChI=1S/C21H29NO6S/c1-4-10-27-18(24)7-6-12-26-15-8-9-16(17(23)13-15)19-22-21(3,14-29-19)20(25)28-11-5-2/h8-9,13,23H,4-7,10-12,14H2,1-3H3/t21-/m1/s1. The Balaban J connectivity index is 1.91. The molecule has 1 aromatic rings. The molecule has 1 aliphatic heterocycles. The molecule has 0 saturated carbocycles. The van der Waals surface area contributed by atoms with Gasteiger partial charge in [-0.1, -0.05) is 13.8 Å². The maximum atomic E-state index is 12.2. The van der Waals surface area contributed by atoms with Crippen molar-refractivity contribution in [3.63, 3.8) is 0 Å². The molecule has 1 aliphatic rings. The summed E-state index contributed by atoms with van der Waals surface area (Å²) in [4.78, 5) is 28.2. The maximum Gasteiger partial charge on any atom is 0.334 e. The Kier molecular flexibility index (Phi) is 8.82. The Morgan fingerprint density at radius 2 is 1.90 bits per heavy atom. The normalized spacial score (nSPS) is 18.2. The molecule has 0 aromatic heterocycles. The van der Waals surface area contributed by atoms with Crippen LogP contribution >= 0.6 is 11.8 Å². The number of benzene rings is 1. The third-order valence-electron chi connectivity index (χ3n) is 4.18. The minimum atomic E-state index is -0.941. The number of aliphatic imine (C=N–C) groups is 1. The molecule has 7 nitrogen and oxygen atoms in total. The van der Waals surface area contributed by atoms with Crippen molar-refractivity contribution >= 4 is 28.7 Å². The third-order valence-corrected chi connectivity index (χ3v) is 5.47. The fourth-order valence-electron chi connectivity index (χ4n) is 2.57. The average Bonchev–Trinajstić information content (AvgIpc) is 3.11. The van der Waals surface area contributed by atoms with Crippen LogP contribution in [0.15, 0.2) is 23.2 Å². The number of phenols is 1. The molecule has 1 heterocycles. The highest BCUT2D eigenvalue weighted by molar-refractivity contribution is 8.14. The summed E-state index contributed by atoms with van der Waals surface area (Å²) < 4.78 is 15.8. The Morgan fingerprint density at radius 1 is 1.17 bits per heavy atom. The lowest BCUT2D eigenvalue weighted by Gasteiger charge is -2.17. The zero-order valence-electron chi connectivity index (χ0n) is 17.2. The molecule has 1 aromatic carbocycles. The van der Waals surface area contributed by atoms with Crippen molar-refractivity contribution in [3.8, 4) is 11.5 Å². The van der Waals surface area contributed by atoms with Crippen molar-refractivity contribution in [3.05, 3.63) is 23.8 Å². The van der Waals surface area contributed by atoms with Crippen molar-refractivity contribution in [1.29, 1.82) is 0 Å². The summed E-state index contributed by atoms with van der Waals surface area (Å²) in [7, 11) is 0. The van der Waals surface area contributed by atoms with Crippen molar-refractivity contribution in [2.24, 2.45) is 4.99 Å². The minimum absolute atomic E-state index is 0.0299. The Hall–Kier alpha value is -2.22. The zero-order valence-corrected chi connectivity index (χ0v) is 18.0. The maximum absolute atomic E-state index is 12.2. The largest absolute Gasteiger partial charge is 0.507 e. The summed E-state index contributed by atoms with van der Waals surface area (Å²) in [5.41, 5.74) is -0.388. The summed E-state index contributed by atoms with van der Waals surface area (Å²) in [6, 6.07) is 4.96. The van der Waals surface area contributed by atoms with E-state index in [1.807, 2.05) is 13.8 Å². The van der Waals surface area contributed by atoms with Crippen molar-refractivity contribution in [2.45, 2.75) is 52.0 Å². The number of carbonyl (C=O) groups is 2. The van der Waals surface area contributed by atoms with E-state index < -0.39 is 5.54 Å². The van der Waals surface area contributed by atoms with E-state index in [1.165, 1.54) is 17.8 Å². The van der Waals surface area contributed by atoms with E-state index in [4.69, 9.17) is 14.2 Å². The second-order valence-electron chi connectivity index (χ2n) is 6.97. The lowest BCUT2D eigenvalue weighted by Crippen LogP contribution is -2.35. The van der Waals surface area contributed by atoms with Gasteiger partial charge < -0.3 is 19.3 Å². The number of nitrogens with zero attached hydrogens (tertiary/aromatic N) is 1. The summed E-state index contributed by atoms with van der Waals surface area (Å²) in [6.07, 6.45) is 2.39. The first-order valence-electron chi connectivity index (χ1n) is 9.91. The van der Waals surface area contributed by atoms with Gasteiger partial charge in [0.1, 0.15) is 16.5 Å². The van der Waals surface area contributed by atoms with Gasteiger partial charge in [0.25, 0.3) is 0 Å². The summed E-state index contributed by atoms with van der Waals surface area (Å²) >= 11 is 1.41. The van der Waals surface area contributed by atoms with Crippen LogP contribution in [0.3, 0.4) is 0 Å². The first kappa shape index (κ1) is 23.1. The monoisotopic (exact) mass is 423 g/mol. The second kappa shape index (κ2) is 11.1. The van der Waals surface area contributed by atoms with Crippen LogP contribution in [0.2, 0.25) is 0 Å². The molecular formula is C21H29NO6S. The number of thioether (sulfide) groups is 1. The van der Waals surface area contributed by atoms with Gasteiger partial charge in [0, 0.05) is 23.8 Å². The highest BCUT2D eigenvalue weighted by Gasteiger charge is 2.40. The molecule has 0 saturated heterocycles. The van der Waals surface area contributed by atoms with Gasteiger partial charge in [-0.3, -0.25) is 9.79 Å². The number of hydrogen-bond acceptors (Lipinski definition) is 8. The average molecular weight is 424 g/mol. The molecule has 2 rings (SSSR count). The van der Waals surface area contributed by atoms with Gasteiger partial charge in [-0.25, -0.2) is 4.79 Å². The molecule has 0 spiro atoms. The van der Waals surface area contributed by atoms with Gasteiger partial charge in [-0.05, 0) is 38.3 Å². The van der Waals surface area contributed by atoms with E-state index in [2.05, 4.69) is 4.99 Å². The lowest BCUT2D eigenvalue weighted by atomic mass is 10.1. The quantitative estimate of drug-likeness (QED) is 0.428. The van der Waals surface area contributed by atoms with Crippen molar-refractivity contribution < 1.29 is 28.9 Å². The van der Waals surface area contributed by atoms with Gasteiger partial charge >= 0.3 is 11.9 Å². The lowest BCUT2D eigenvalue weighted by molar-refractivity contribution is -0.148. The Labute approximate surface area is 175 Å². The third kappa shape index (κ3) is 6.66. The smallest absolute Gasteiger partial charge is 0.334 e. The van der Waals surface area contributed by atoms with E-state index in [9.17, 15) is 14.7 Å². The van der Waals surface area contributed by atoms with Crippen molar-refractivity contribution in [2.75, 3.05) is 25.6 Å². The molecule has 1 atom stereocenters. The number of aromatic hydroxyl groups is 1. The fourth-order valence-corrected chi connectivity index (χ4v) is 3.76.